The van der Waals surface area contributed by atoms with Gasteiger partial charge in [-0.2, -0.15) is 0 Å². The number of primary amides is 1. The van der Waals surface area contributed by atoms with Gasteiger partial charge in [0, 0.05) is 6.42 Å². The number of Topliss-reactive ketones (excluding diaryl/α,β-unsaturated/α-hetero) is 1. The number of carbonyl (C=O) groups excluding carboxylic acids is 2. The molecule has 0 aromatic heterocycles. The van der Waals surface area contributed by atoms with Gasteiger partial charge in [0.1, 0.15) is 5.78 Å². The molecule has 0 aliphatic carbocycles. The van der Waals surface area contributed by atoms with Crippen LogP contribution in [0.3, 0.4) is 0 Å². The first-order valence-corrected chi connectivity index (χ1v) is 5.01. The average molecular weight is 205 g/mol. The van der Waals surface area contributed by atoms with Crippen LogP contribution >= 0.6 is 0 Å². The number of rotatable bonds is 5. The number of nitrogens with two attached hydrogens (primary N) is 1. The fourth-order valence-electron chi connectivity index (χ4n) is 1.51. The summed E-state index contributed by atoms with van der Waals surface area (Å²) in [5.74, 6) is -1.28. The van der Waals surface area contributed by atoms with Crippen LogP contribution in [-0.4, -0.2) is 11.7 Å². The lowest BCUT2D eigenvalue weighted by Crippen LogP contribution is -2.30. The maximum atomic E-state index is 11.7. The Morgan fingerprint density at radius 2 is 1.87 bits per heavy atom. The molecule has 0 fully saturated rings. The molecule has 1 aromatic rings. The predicted molar refractivity (Wildman–Crippen MR) is 58.1 cm³/mol. The van der Waals surface area contributed by atoms with Gasteiger partial charge in [0.25, 0.3) is 0 Å². The Kier molecular flexibility index (Phi) is 4.03. The van der Waals surface area contributed by atoms with Gasteiger partial charge in [-0.15, -0.1) is 0 Å². The van der Waals surface area contributed by atoms with Crippen LogP contribution in [0.25, 0.3) is 0 Å². The van der Waals surface area contributed by atoms with Crippen LogP contribution in [-0.2, 0) is 16.0 Å². The van der Waals surface area contributed by atoms with E-state index in [1.165, 1.54) is 0 Å². The summed E-state index contributed by atoms with van der Waals surface area (Å²) in [6, 6.07) is 9.36. The van der Waals surface area contributed by atoms with Gasteiger partial charge >= 0.3 is 0 Å². The summed E-state index contributed by atoms with van der Waals surface area (Å²) in [7, 11) is 0. The van der Waals surface area contributed by atoms with E-state index in [-0.39, 0.29) is 12.2 Å². The van der Waals surface area contributed by atoms with Crippen LogP contribution in [0, 0.1) is 5.92 Å². The van der Waals surface area contributed by atoms with Gasteiger partial charge in [-0.25, -0.2) is 0 Å². The highest BCUT2D eigenvalue weighted by atomic mass is 16.2. The highest BCUT2D eigenvalue weighted by Crippen LogP contribution is 2.09. The molecule has 0 radical (unpaired) electrons. The lowest BCUT2D eigenvalue weighted by atomic mass is 9.95. The zero-order chi connectivity index (χ0) is 11.3. The van der Waals surface area contributed by atoms with Gasteiger partial charge in [0.15, 0.2) is 0 Å². The molecule has 2 N–H and O–H groups in total. The van der Waals surface area contributed by atoms with Crippen molar-refractivity contribution >= 4 is 11.7 Å². The minimum atomic E-state index is -0.648. The summed E-state index contributed by atoms with van der Waals surface area (Å²) in [4.78, 5) is 22.6. The summed E-state index contributed by atoms with van der Waals surface area (Å²) in [5, 5.41) is 0. The maximum Gasteiger partial charge on any atom is 0.227 e. The Morgan fingerprint density at radius 1 is 1.27 bits per heavy atom. The van der Waals surface area contributed by atoms with E-state index in [0.29, 0.717) is 6.42 Å². The first-order chi connectivity index (χ1) is 7.15. The van der Waals surface area contributed by atoms with Crippen LogP contribution in [0.2, 0.25) is 0 Å². The van der Waals surface area contributed by atoms with E-state index in [9.17, 15) is 9.59 Å². The normalized spacial score (nSPS) is 12.1. The molecule has 15 heavy (non-hydrogen) atoms. The molecule has 0 bridgehead atoms. The number of hydrogen-bond donors (Lipinski definition) is 1. The van der Waals surface area contributed by atoms with E-state index in [2.05, 4.69) is 0 Å². The van der Waals surface area contributed by atoms with E-state index in [1.54, 1.807) is 6.92 Å². The molecule has 3 heteroatoms. The van der Waals surface area contributed by atoms with Crippen LogP contribution in [0.1, 0.15) is 18.9 Å². The molecule has 0 aliphatic heterocycles. The van der Waals surface area contributed by atoms with E-state index in [1.807, 2.05) is 30.3 Å². The van der Waals surface area contributed by atoms with Crippen LogP contribution < -0.4 is 5.73 Å². The monoisotopic (exact) mass is 205 g/mol. The Labute approximate surface area is 89.3 Å². The van der Waals surface area contributed by atoms with Crippen LogP contribution in [0.4, 0.5) is 0 Å². The molecule has 1 amide bonds. The molecule has 1 aromatic carbocycles. The second-order valence-corrected chi connectivity index (χ2v) is 3.49. The molecule has 0 spiro atoms. The standard InChI is InChI=1S/C12H15NO2/c1-2-10(12(13)15)11(14)8-9-6-4-3-5-7-9/h3-7,10H,2,8H2,1H3,(H2,13,15). The first-order valence-electron chi connectivity index (χ1n) is 5.01. The lowest BCUT2D eigenvalue weighted by Gasteiger charge is -2.09. The molecular weight excluding hydrogens is 190 g/mol. The van der Waals surface area contributed by atoms with Crippen molar-refractivity contribution < 1.29 is 9.59 Å². The van der Waals surface area contributed by atoms with Gasteiger partial charge in [-0.3, -0.25) is 9.59 Å². The summed E-state index contributed by atoms with van der Waals surface area (Å²) >= 11 is 0. The van der Waals surface area contributed by atoms with E-state index in [0.717, 1.165) is 5.56 Å². The molecule has 1 atom stereocenters. The highest BCUT2D eigenvalue weighted by Gasteiger charge is 2.21. The quantitative estimate of drug-likeness (QED) is 0.737. The molecule has 0 aliphatic rings. The van der Waals surface area contributed by atoms with Crippen molar-refractivity contribution in [2.45, 2.75) is 19.8 Å². The first kappa shape index (κ1) is 11.4. The smallest absolute Gasteiger partial charge is 0.227 e. The number of hydrogen-bond acceptors (Lipinski definition) is 2. The van der Waals surface area contributed by atoms with Crippen molar-refractivity contribution in [3.8, 4) is 0 Å². The van der Waals surface area contributed by atoms with Crippen molar-refractivity contribution in [3.63, 3.8) is 0 Å². The van der Waals surface area contributed by atoms with E-state index >= 15 is 0 Å². The van der Waals surface area contributed by atoms with E-state index in [4.69, 9.17) is 5.73 Å². The highest BCUT2D eigenvalue weighted by molar-refractivity contribution is 6.01. The third-order valence-electron chi connectivity index (χ3n) is 2.36. The van der Waals surface area contributed by atoms with Crippen molar-refractivity contribution in [1.29, 1.82) is 0 Å². The van der Waals surface area contributed by atoms with Gasteiger partial charge in [0.05, 0.1) is 5.92 Å². The molecule has 1 rings (SSSR count). The van der Waals surface area contributed by atoms with Crippen molar-refractivity contribution in [1.82, 2.24) is 0 Å². The predicted octanol–water partition coefficient (Wildman–Crippen LogP) is 1.31. The molecule has 1 unspecified atom stereocenters. The molecule has 0 saturated heterocycles. The number of ketones is 1. The Hall–Kier alpha value is -1.64. The summed E-state index contributed by atoms with van der Waals surface area (Å²) in [6.07, 6.45) is 0.753. The Bertz CT molecular complexity index is 346. The topological polar surface area (TPSA) is 60.2 Å². The summed E-state index contributed by atoms with van der Waals surface area (Å²) in [6.45, 7) is 1.79. The third-order valence-corrected chi connectivity index (χ3v) is 2.36. The van der Waals surface area contributed by atoms with Gasteiger partial charge in [-0.1, -0.05) is 37.3 Å². The van der Waals surface area contributed by atoms with Crippen molar-refractivity contribution in [3.05, 3.63) is 35.9 Å². The molecular formula is C12H15NO2. The molecule has 0 saturated carbocycles. The van der Waals surface area contributed by atoms with Gasteiger partial charge in [0.2, 0.25) is 5.91 Å². The minimum absolute atomic E-state index is 0.101. The Balaban J connectivity index is 2.66. The summed E-state index contributed by atoms with van der Waals surface area (Å²) < 4.78 is 0. The van der Waals surface area contributed by atoms with Crippen LogP contribution in [0.5, 0.6) is 0 Å². The third kappa shape index (κ3) is 3.20. The fourth-order valence-corrected chi connectivity index (χ4v) is 1.51. The largest absolute Gasteiger partial charge is 0.369 e. The second kappa shape index (κ2) is 5.29. The maximum absolute atomic E-state index is 11.7. The van der Waals surface area contributed by atoms with Gasteiger partial charge in [-0.05, 0) is 12.0 Å². The number of benzene rings is 1. The molecule has 80 valence electrons. The number of amides is 1. The minimum Gasteiger partial charge on any atom is -0.369 e. The van der Waals surface area contributed by atoms with Crippen LogP contribution in [0.15, 0.2) is 30.3 Å². The molecule has 3 nitrogen and oxygen atoms in total. The SMILES string of the molecule is CCC(C(N)=O)C(=O)Cc1ccccc1. The lowest BCUT2D eigenvalue weighted by molar-refractivity contribution is -0.131. The zero-order valence-electron chi connectivity index (χ0n) is 8.77. The van der Waals surface area contributed by atoms with Crippen molar-refractivity contribution in [2.75, 3.05) is 0 Å². The summed E-state index contributed by atoms with van der Waals surface area (Å²) in [5.41, 5.74) is 6.06. The second-order valence-electron chi connectivity index (χ2n) is 3.49. The molecule has 0 heterocycles. The average Bonchev–Trinajstić information content (AvgIpc) is 2.19. The Morgan fingerprint density at radius 3 is 2.33 bits per heavy atom. The fraction of sp³-hybridized carbons (Fsp3) is 0.333. The number of carbonyl (C=O) groups is 2. The van der Waals surface area contributed by atoms with Gasteiger partial charge < -0.3 is 5.73 Å². The zero-order valence-corrected chi connectivity index (χ0v) is 8.77. The van der Waals surface area contributed by atoms with Crippen molar-refractivity contribution in [2.24, 2.45) is 11.7 Å². The van der Waals surface area contributed by atoms with E-state index < -0.39 is 11.8 Å².